The topological polar surface area (TPSA) is 93.9 Å². The molecule has 0 aromatic heterocycles. The second kappa shape index (κ2) is 10.6. The second-order valence-corrected chi connectivity index (χ2v) is 9.38. The summed E-state index contributed by atoms with van der Waals surface area (Å²) in [5.41, 5.74) is 7.86. The average molecular weight is 508 g/mol. The summed E-state index contributed by atoms with van der Waals surface area (Å²) in [5, 5.41) is 2.85. The van der Waals surface area contributed by atoms with Crippen LogP contribution in [0.3, 0.4) is 0 Å². The number of rotatable bonds is 6. The van der Waals surface area contributed by atoms with Crippen LogP contribution >= 0.6 is 0 Å². The fourth-order valence-electron chi connectivity index (χ4n) is 4.75. The smallest absolute Gasteiger partial charge is 0.255 e. The van der Waals surface area contributed by atoms with Crippen LogP contribution in [0.4, 0.5) is 14.5 Å². The van der Waals surface area contributed by atoms with Crippen LogP contribution in [0.1, 0.15) is 52.0 Å². The van der Waals surface area contributed by atoms with Crippen molar-refractivity contribution in [3.63, 3.8) is 0 Å². The number of nitrogens with two attached hydrogens (primary N) is 1. The van der Waals surface area contributed by atoms with Gasteiger partial charge in [-0.05, 0) is 73.7 Å². The molecule has 3 aromatic rings. The summed E-state index contributed by atoms with van der Waals surface area (Å²) >= 11 is 0. The number of anilines is 1. The summed E-state index contributed by atoms with van der Waals surface area (Å²) in [6.45, 7) is 0.385. The minimum Gasteiger partial charge on any atom is -0.454 e. The van der Waals surface area contributed by atoms with Gasteiger partial charge in [0.15, 0.2) is 11.5 Å². The Morgan fingerprint density at radius 3 is 2.24 bits per heavy atom. The zero-order valence-electron chi connectivity index (χ0n) is 20.1. The SMILES string of the molecule is NC1CCC(N(Cc2ccc(NC(=O)c3ccc4c(c3)OCO4)cc2)C(=O)c2cc(F)cc(F)c2)CC1. The summed E-state index contributed by atoms with van der Waals surface area (Å²) in [6.07, 6.45) is 2.98. The number of carbonyl (C=O) groups excluding carboxylic acids is 2. The maximum atomic E-state index is 13.8. The maximum Gasteiger partial charge on any atom is 0.255 e. The third kappa shape index (κ3) is 5.72. The van der Waals surface area contributed by atoms with Crippen LogP contribution in [0.5, 0.6) is 11.5 Å². The Bertz CT molecular complexity index is 1290. The first-order valence-electron chi connectivity index (χ1n) is 12.2. The van der Waals surface area contributed by atoms with Gasteiger partial charge in [0, 0.05) is 41.5 Å². The van der Waals surface area contributed by atoms with Crippen molar-refractivity contribution in [3.8, 4) is 11.5 Å². The van der Waals surface area contributed by atoms with E-state index in [2.05, 4.69) is 5.32 Å². The molecule has 5 rings (SSSR count). The van der Waals surface area contributed by atoms with Crippen molar-refractivity contribution in [2.45, 2.75) is 44.3 Å². The highest BCUT2D eigenvalue weighted by atomic mass is 19.1. The van der Waals surface area contributed by atoms with Gasteiger partial charge in [-0.1, -0.05) is 12.1 Å². The summed E-state index contributed by atoms with van der Waals surface area (Å²) in [4.78, 5) is 27.7. The van der Waals surface area contributed by atoms with Gasteiger partial charge in [-0.2, -0.15) is 0 Å². The van der Waals surface area contributed by atoms with Gasteiger partial charge in [0.1, 0.15) is 11.6 Å². The highest BCUT2D eigenvalue weighted by Crippen LogP contribution is 2.33. The molecule has 0 unspecified atom stereocenters. The molecule has 3 aromatic carbocycles. The van der Waals surface area contributed by atoms with Gasteiger partial charge in [0.05, 0.1) is 0 Å². The molecular weight excluding hydrogens is 480 g/mol. The van der Waals surface area contributed by atoms with Gasteiger partial charge in [-0.3, -0.25) is 9.59 Å². The predicted octanol–water partition coefficient (Wildman–Crippen LogP) is 4.86. The predicted molar refractivity (Wildman–Crippen MR) is 133 cm³/mol. The quantitative estimate of drug-likeness (QED) is 0.497. The Hall–Kier alpha value is -3.98. The van der Waals surface area contributed by atoms with Gasteiger partial charge in [0.2, 0.25) is 6.79 Å². The van der Waals surface area contributed by atoms with E-state index in [1.54, 1.807) is 35.2 Å². The van der Waals surface area contributed by atoms with Crippen molar-refractivity contribution < 1.29 is 27.8 Å². The number of ether oxygens (including phenoxy) is 2. The Morgan fingerprint density at radius 1 is 0.865 bits per heavy atom. The Labute approximate surface area is 213 Å². The van der Waals surface area contributed by atoms with Gasteiger partial charge in [0.25, 0.3) is 11.8 Å². The van der Waals surface area contributed by atoms with E-state index >= 15 is 0 Å². The van der Waals surface area contributed by atoms with E-state index in [1.807, 2.05) is 12.1 Å². The fourth-order valence-corrected chi connectivity index (χ4v) is 4.75. The van der Waals surface area contributed by atoms with E-state index in [0.29, 0.717) is 35.6 Å². The number of fused-ring (bicyclic) bond motifs is 1. The number of nitrogens with zero attached hydrogens (tertiary/aromatic N) is 1. The maximum absolute atomic E-state index is 13.8. The number of carbonyl (C=O) groups is 2. The molecule has 7 nitrogen and oxygen atoms in total. The number of hydrogen-bond acceptors (Lipinski definition) is 5. The molecular formula is C28H27F2N3O4. The molecule has 1 aliphatic heterocycles. The first-order valence-corrected chi connectivity index (χ1v) is 12.2. The molecule has 0 saturated heterocycles. The highest BCUT2D eigenvalue weighted by molar-refractivity contribution is 6.04. The first kappa shape index (κ1) is 24.7. The average Bonchev–Trinajstić information content (AvgIpc) is 3.36. The summed E-state index contributed by atoms with van der Waals surface area (Å²) in [6, 6.07) is 15.0. The molecule has 0 spiro atoms. The van der Waals surface area contributed by atoms with Gasteiger partial charge in [-0.25, -0.2) is 8.78 Å². The Morgan fingerprint density at radius 2 is 1.54 bits per heavy atom. The lowest BCUT2D eigenvalue weighted by atomic mass is 9.90. The number of nitrogens with one attached hydrogen (secondary N) is 1. The first-order chi connectivity index (χ1) is 17.9. The number of benzene rings is 3. The van der Waals surface area contributed by atoms with Crippen LogP contribution in [0, 0.1) is 11.6 Å². The van der Waals surface area contributed by atoms with Gasteiger partial charge in [-0.15, -0.1) is 0 Å². The standard InChI is InChI=1S/C28H27F2N3O4/c29-20-11-19(12-21(30)14-20)28(35)33(24-8-4-22(31)5-9-24)15-17-1-6-23(7-2-17)32-27(34)18-3-10-25-26(13-18)37-16-36-25/h1-3,6-7,10-14,22,24H,4-5,8-9,15-16,31H2,(H,32,34). The molecule has 0 bridgehead atoms. The third-order valence-electron chi connectivity index (χ3n) is 6.75. The van der Waals surface area contributed by atoms with Crippen molar-refractivity contribution in [2.75, 3.05) is 12.1 Å². The lowest BCUT2D eigenvalue weighted by molar-refractivity contribution is 0.0605. The molecule has 2 aliphatic rings. The third-order valence-corrected chi connectivity index (χ3v) is 6.75. The molecule has 192 valence electrons. The van der Waals surface area contributed by atoms with Gasteiger partial charge < -0.3 is 25.4 Å². The van der Waals surface area contributed by atoms with E-state index < -0.39 is 17.5 Å². The molecule has 1 fully saturated rings. The number of amides is 2. The van der Waals surface area contributed by atoms with Gasteiger partial charge >= 0.3 is 0 Å². The molecule has 3 N–H and O–H groups in total. The number of hydrogen-bond donors (Lipinski definition) is 2. The minimum absolute atomic E-state index is 0.0278. The van der Waals surface area contributed by atoms with Crippen LogP contribution in [0.2, 0.25) is 0 Å². The van der Waals surface area contributed by atoms with Crippen LogP contribution < -0.4 is 20.5 Å². The molecule has 0 radical (unpaired) electrons. The Kier molecular flexibility index (Phi) is 7.05. The van der Waals surface area contributed by atoms with E-state index in [0.717, 1.165) is 36.6 Å². The van der Waals surface area contributed by atoms with E-state index in [-0.39, 0.29) is 36.9 Å². The molecule has 37 heavy (non-hydrogen) atoms. The van der Waals surface area contributed by atoms with Crippen molar-refractivity contribution >= 4 is 17.5 Å². The molecule has 2 amide bonds. The van der Waals surface area contributed by atoms with E-state index in [1.165, 1.54) is 0 Å². The van der Waals surface area contributed by atoms with E-state index in [4.69, 9.17) is 15.2 Å². The van der Waals surface area contributed by atoms with Crippen molar-refractivity contribution in [3.05, 3.63) is 89.0 Å². The summed E-state index contributed by atoms with van der Waals surface area (Å²) in [5.74, 6) is -1.20. The zero-order valence-corrected chi connectivity index (χ0v) is 20.1. The molecule has 1 heterocycles. The lowest BCUT2D eigenvalue weighted by Gasteiger charge is -2.36. The molecule has 0 atom stereocenters. The monoisotopic (exact) mass is 507 g/mol. The largest absolute Gasteiger partial charge is 0.454 e. The lowest BCUT2D eigenvalue weighted by Crippen LogP contribution is -2.43. The summed E-state index contributed by atoms with van der Waals surface area (Å²) in [7, 11) is 0. The zero-order chi connectivity index (χ0) is 25.9. The second-order valence-electron chi connectivity index (χ2n) is 9.38. The molecule has 1 saturated carbocycles. The van der Waals surface area contributed by atoms with Crippen LogP contribution in [0.25, 0.3) is 0 Å². The minimum atomic E-state index is -0.795. The molecule has 9 heteroatoms. The highest BCUT2D eigenvalue weighted by Gasteiger charge is 2.29. The van der Waals surface area contributed by atoms with Crippen LogP contribution in [-0.2, 0) is 6.54 Å². The normalized spacial score (nSPS) is 18.4. The summed E-state index contributed by atoms with van der Waals surface area (Å²) < 4.78 is 38.3. The fraction of sp³-hybridized carbons (Fsp3) is 0.286. The van der Waals surface area contributed by atoms with Crippen molar-refractivity contribution in [1.82, 2.24) is 4.90 Å². The Balaban J connectivity index is 1.31. The number of halogens is 2. The van der Waals surface area contributed by atoms with Crippen molar-refractivity contribution in [1.29, 1.82) is 0 Å². The van der Waals surface area contributed by atoms with Crippen LogP contribution in [-0.4, -0.2) is 35.6 Å². The van der Waals surface area contributed by atoms with E-state index in [9.17, 15) is 18.4 Å². The van der Waals surface area contributed by atoms with Crippen LogP contribution in [0.15, 0.2) is 60.7 Å². The molecule has 1 aliphatic carbocycles. The van der Waals surface area contributed by atoms with Crippen molar-refractivity contribution in [2.24, 2.45) is 5.73 Å².